The van der Waals surface area contributed by atoms with Crippen molar-refractivity contribution in [3.8, 4) is 0 Å². The van der Waals surface area contributed by atoms with Crippen molar-refractivity contribution in [2.75, 3.05) is 6.26 Å². The highest BCUT2D eigenvalue weighted by atomic mass is 32.2. The number of carboxylic acids is 1. The fourth-order valence-corrected chi connectivity index (χ4v) is 5.52. The van der Waals surface area contributed by atoms with E-state index in [0.717, 1.165) is 0 Å². The van der Waals surface area contributed by atoms with Crippen molar-refractivity contribution in [2.24, 2.45) is 5.73 Å². The van der Waals surface area contributed by atoms with Crippen LogP contribution in [0.4, 0.5) is 0 Å². The van der Waals surface area contributed by atoms with Gasteiger partial charge in [0.05, 0.1) is 4.75 Å². The van der Waals surface area contributed by atoms with Crippen LogP contribution >= 0.6 is 23.5 Å². The first kappa shape index (κ1) is 12.1. The predicted octanol–water partition coefficient (Wildman–Crippen LogP) is 0.151. The second-order valence-electron chi connectivity index (χ2n) is 4.41. The van der Waals surface area contributed by atoms with Gasteiger partial charge in [0.15, 0.2) is 0 Å². The number of nitrogens with zero attached hydrogens (tertiary/aromatic N) is 1. The number of carbonyl (C=O) groups is 2. The summed E-state index contributed by atoms with van der Waals surface area (Å²) in [6, 6.07) is -0.558. The number of amides is 1. The van der Waals surface area contributed by atoms with Crippen LogP contribution in [0.2, 0.25) is 0 Å². The molecule has 16 heavy (non-hydrogen) atoms. The maximum atomic E-state index is 11.7. The van der Waals surface area contributed by atoms with Crippen LogP contribution in [0.1, 0.15) is 13.8 Å². The van der Waals surface area contributed by atoms with E-state index >= 15 is 0 Å². The van der Waals surface area contributed by atoms with Crippen LogP contribution in [-0.4, -0.2) is 49.2 Å². The summed E-state index contributed by atoms with van der Waals surface area (Å²) in [6.45, 7) is 3.70. The van der Waals surface area contributed by atoms with Gasteiger partial charge < -0.3 is 15.7 Å². The first-order chi connectivity index (χ1) is 7.29. The summed E-state index contributed by atoms with van der Waals surface area (Å²) in [6.07, 6.45) is 1.72. The minimum Gasteiger partial charge on any atom is -0.479 e. The van der Waals surface area contributed by atoms with E-state index in [9.17, 15) is 14.7 Å². The van der Waals surface area contributed by atoms with Gasteiger partial charge in [0.2, 0.25) is 10.8 Å². The Kier molecular flexibility index (Phi) is 2.49. The van der Waals surface area contributed by atoms with E-state index in [4.69, 9.17) is 5.73 Å². The highest BCUT2D eigenvalue weighted by Gasteiger charge is 2.72. The number of hydrogen-bond donors (Lipinski definition) is 2. The standard InChI is InChI=1S/C9H14N2O3S2/c1-8(2)9(15-3,7(13)14)11-5(12)4(10)6(11)16-8/h4,6H,10H2,1-3H3,(H,13,14)/t4-,6+,9+/m0/s1. The lowest BCUT2D eigenvalue weighted by atomic mass is 9.95. The summed E-state index contributed by atoms with van der Waals surface area (Å²) in [5.41, 5.74) is 5.69. The molecule has 2 heterocycles. The molecule has 0 aliphatic carbocycles. The maximum Gasteiger partial charge on any atom is 0.341 e. The number of nitrogens with two attached hydrogens (primary N) is 1. The van der Waals surface area contributed by atoms with Crippen LogP contribution in [0.15, 0.2) is 0 Å². The van der Waals surface area contributed by atoms with E-state index in [1.165, 1.54) is 28.4 Å². The third-order valence-electron chi connectivity index (χ3n) is 3.24. The fourth-order valence-electron chi connectivity index (χ4n) is 2.41. The van der Waals surface area contributed by atoms with Crippen LogP contribution in [-0.2, 0) is 9.59 Å². The molecule has 0 bridgehead atoms. The average Bonchev–Trinajstić information content (AvgIpc) is 2.43. The molecule has 90 valence electrons. The molecule has 0 spiro atoms. The monoisotopic (exact) mass is 262 g/mol. The predicted molar refractivity (Wildman–Crippen MR) is 64.2 cm³/mol. The number of carbonyl (C=O) groups excluding carboxylic acids is 1. The Labute approximate surface area is 102 Å². The van der Waals surface area contributed by atoms with E-state index in [1.54, 1.807) is 6.26 Å². The molecule has 7 heteroatoms. The smallest absolute Gasteiger partial charge is 0.341 e. The van der Waals surface area contributed by atoms with Crippen LogP contribution in [0.3, 0.4) is 0 Å². The Morgan fingerprint density at radius 3 is 2.62 bits per heavy atom. The summed E-state index contributed by atoms with van der Waals surface area (Å²) in [7, 11) is 0. The van der Waals surface area contributed by atoms with Crippen LogP contribution < -0.4 is 5.73 Å². The van der Waals surface area contributed by atoms with Gasteiger partial charge in [-0.05, 0) is 20.1 Å². The Bertz CT molecular complexity index is 374. The van der Waals surface area contributed by atoms with Gasteiger partial charge in [0.25, 0.3) is 0 Å². The molecule has 2 aliphatic heterocycles. The molecule has 3 N–H and O–H groups in total. The van der Waals surface area contributed by atoms with E-state index < -0.39 is 21.6 Å². The van der Waals surface area contributed by atoms with Crippen molar-refractivity contribution in [3.05, 3.63) is 0 Å². The number of carboxylic acid groups (broad SMARTS) is 1. The molecular weight excluding hydrogens is 248 g/mol. The number of fused-ring (bicyclic) bond motifs is 1. The molecule has 3 atom stereocenters. The van der Waals surface area contributed by atoms with Gasteiger partial charge in [-0.25, -0.2) is 4.79 Å². The molecule has 0 aromatic heterocycles. The topological polar surface area (TPSA) is 83.6 Å². The average molecular weight is 262 g/mol. The lowest BCUT2D eigenvalue weighted by Gasteiger charge is -2.47. The van der Waals surface area contributed by atoms with Crippen molar-refractivity contribution < 1.29 is 14.7 Å². The minimum absolute atomic E-state index is 0.203. The molecule has 2 aliphatic rings. The highest BCUT2D eigenvalue weighted by molar-refractivity contribution is 8.06. The Balaban J connectivity index is 2.50. The van der Waals surface area contributed by atoms with Crippen molar-refractivity contribution in [1.29, 1.82) is 0 Å². The third kappa shape index (κ3) is 1.09. The van der Waals surface area contributed by atoms with E-state index in [0.29, 0.717) is 0 Å². The lowest BCUT2D eigenvalue weighted by molar-refractivity contribution is -0.161. The van der Waals surface area contributed by atoms with Gasteiger partial charge in [-0.15, -0.1) is 23.5 Å². The molecule has 0 radical (unpaired) electrons. The van der Waals surface area contributed by atoms with Gasteiger partial charge in [-0.2, -0.15) is 0 Å². The molecule has 0 saturated carbocycles. The largest absolute Gasteiger partial charge is 0.479 e. The Morgan fingerprint density at radius 1 is 1.62 bits per heavy atom. The number of aliphatic carboxylic acids is 1. The highest BCUT2D eigenvalue weighted by Crippen LogP contribution is 2.60. The summed E-state index contributed by atoms with van der Waals surface area (Å²) in [5.74, 6) is -1.24. The van der Waals surface area contributed by atoms with Crippen molar-refractivity contribution >= 4 is 35.4 Å². The summed E-state index contributed by atoms with van der Waals surface area (Å²) in [5, 5.41) is 9.25. The first-order valence-corrected chi connectivity index (χ1v) is 6.95. The van der Waals surface area contributed by atoms with Crippen LogP contribution in [0, 0.1) is 0 Å². The van der Waals surface area contributed by atoms with Gasteiger partial charge in [0, 0.05) is 0 Å². The normalized spacial score (nSPS) is 40.5. The molecule has 0 unspecified atom stereocenters. The number of thioether (sulfide) groups is 2. The molecule has 2 saturated heterocycles. The molecule has 0 aromatic carbocycles. The lowest BCUT2D eigenvalue weighted by Crippen LogP contribution is -2.73. The zero-order valence-electron chi connectivity index (χ0n) is 9.26. The van der Waals surface area contributed by atoms with E-state index in [2.05, 4.69) is 0 Å². The van der Waals surface area contributed by atoms with E-state index in [1.807, 2.05) is 13.8 Å². The number of rotatable bonds is 2. The van der Waals surface area contributed by atoms with Gasteiger partial charge >= 0.3 is 5.97 Å². The molecule has 2 rings (SSSR count). The zero-order valence-corrected chi connectivity index (χ0v) is 10.9. The molecule has 1 amide bonds. The minimum atomic E-state index is -1.20. The maximum absolute atomic E-state index is 11.7. The molecular formula is C9H14N2O3S2. The van der Waals surface area contributed by atoms with Crippen molar-refractivity contribution in [1.82, 2.24) is 4.90 Å². The summed E-state index contributed by atoms with van der Waals surface area (Å²) in [4.78, 5) is 23.5. The first-order valence-electron chi connectivity index (χ1n) is 4.84. The van der Waals surface area contributed by atoms with Crippen molar-refractivity contribution in [2.45, 2.75) is 34.9 Å². The summed E-state index contributed by atoms with van der Waals surface area (Å²) < 4.78 is -0.549. The van der Waals surface area contributed by atoms with Gasteiger partial charge in [-0.1, -0.05) is 0 Å². The quantitative estimate of drug-likeness (QED) is 0.689. The SMILES string of the molecule is CS[C@@]1(C(=O)O)N2C(=O)[C@H](N)[C@H]2SC1(C)C. The molecule has 0 aromatic rings. The van der Waals surface area contributed by atoms with Gasteiger partial charge in [-0.3, -0.25) is 4.79 Å². The Morgan fingerprint density at radius 2 is 2.19 bits per heavy atom. The van der Waals surface area contributed by atoms with E-state index in [-0.39, 0.29) is 11.3 Å². The van der Waals surface area contributed by atoms with Gasteiger partial charge in [0.1, 0.15) is 11.4 Å². The zero-order chi connectivity index (χ0) is 12.3. The second kappa shape index (κ2) is 3.30. The summed E-state index contributed by atoms with van der Waals surface area (Å²) >= 11 is 2.66. The molecule has 5 nitrogen and oxygen atoms in total. The Hall–Kier alpha value is -0.400. The number of β-lactam (4-membered cyclic amide) rings is 1. The fraction of sp³-hybridized carbons (Fsp3) is 0.778. The number of hydrogen-bond acceptors (Lipinski definition) is 5. The third-order valence-corrected chi connectivity index (χ3v) is 6.47. The van der Waals surface area contributed by atoms with Crippen molar-refractivity contribution in [3.63, 3.8) is 0 Å². The second-order valence-corrected chi connectivity index (χ2v) is 7.14. The molecule has 2 fully saturated rings. The van der Waals surface area contributed by atoms with Crippen LogP contribution in [0.25, 0.3) is 0 Å². The van der Waals surface area contributed by atoms with Crippen LogP contribution in [0.5, 0.6) is 0 Å².